The first-order valence-electron chi connectivity index (χ1n) is 7.11. The molecule has 0 saturated carbocycles. The van der Waals surface area contributed by atoms with Crippen molar-refractivity contribution in [1.29, 1.82) is 0 Å². The van der Waals surface area contributed by atoms with Crippen LogP contribution in [0.1, 0.15) is 11.3 Å². The van der Waals surface area contributed by atoms with Gasteiger partial charge in [0.15, 0.2) is 0 Å². The highest BCUT2D eigenvalue weighted by Gasteiger charge is 2.04. The maximum Gasteiger partial charge on any atom is 0.229 e. The van der Waals surface area contributed by atoms with Crippen LogP contribution in [0, 0.1) is 13.8 Å². The summed E-state index contributed by atoms with van der Waals surface area (Å²) in [5.41, 5.74) is 3.14. The lowest BCUT2D eigenvalue weighted by Crippen LogP contribution is -2.21. The Morgan fingerprint density at radius 2 is 1.86 bits per heavy atom. The van der Waals surface area contributed by atoms with Gasteiger partial charge in [-0.15, -0.1) is 0 Å². The molecule has 1 aromatic heterocycles. The zero-order valence-electron chi connectivity index (χ0n) is 13.1. The molecule has 112 valence electrons. The fourth-order valence-corrected chi connectivity index (χ4v) is 1.96. The van der Waals surface area contributed by atoms with Gasteiger partial charge in [0.05, 0.1) is 0 Å². The van der Waals surface area contributed by atoms with Gasteiger partial charge in [0, 0.05) is 30.5 Å². The fraction of sp³-hybridized carbons (Fsp3) is 0.375. The van der Waals surface area contributed by atoms with E-state index in [0.717, 1.165) is 30.3 Å². The smallest absolute Gasteiger partial charge is 0.229 e. The molecule has 0 bridgehead atoms. The predicted octanol–water partition coefficient (Wildman–Crippen LogP) is 2.81. The minimum atomic E-state index is 0.622. The molecular formula is C16H23N5. The average molecular weight is 285 g/mol. The molecule has 2 rings (SSSR count). The van der Waals surface area contributed by atoms with E-state index in [1.165, 1.54) is 5.56 Å². The van der Waals surface area contributed by atoms with E-state index in [0.29, 0.717) is 5.95 Å². The second kappa shape index (κ2) is 7.04. The molecule has 5 nitrogen and oxygen atoms in total. The van der Waals surface area contributed by atoms with E-state index >= 15 is 0 Å². The molecule has 0 spiro atoms. The second-order valence-corrected chi connectivity index (χ2v) is 5.39. The highest BCUT2D eigenvalue weighted by atomic mass is 15.2. The van der Waals surface area contributed by atoms with Crippen LogP contribution in [-0.2, 0) is 0 Å². The quantitative estimate of drug-likeness (QED) is 0.855. The highest BCUT2D eigenvalue weighted by molar-refractivity contribution is 5.59. The van der Waals surface area contributed by atoms with E-state index in [1.54, 1.807) is 0 Å². The van der Waals surface area contributed by atoms with Crippen molar-refractivity contribution in [2.45, 2.75) is 13.8 Å². The lowest BCUT2D eigenvalue weighted by Gasteiger charge is -2.13. The number of likely N-dealkylation sites (N-methyl/N-ethyl adjacent to an activating group) is 1. The SMILES string of the molecule is Cc1cc(NCCN(C)C)nc(Nc2ccccc2C)n1. The third-order valence-electron chi connectivity index (χ3n) is 3.11. The lowest BCUT2D eigenvalue weighted by atomic mass is 10.2. The number of hydrogen-bond donors (Lipinski definition) is 2. The predicted molar refractivity (Wildman–Crippen MR) is 88.3 cm³/mol. The van der Waals surface area contributed by atoms with Crippen molar-refractivity contribution in [3.8, 4) is 0 Å². The van der Waals surface area contributed by atoms with Crippen molar-refractivity contribution >= 4 is 17.5 Å². The Balaban J connectivity index is 2.10. The van der Waals surface area contributed by atoms with E-state index in [9.17, 15) is 0 Å². The van der Waals surface area contributed by atoms with Crippen LogP contribution in [0.25, 0.3) is 0 Å². The van der Waals surface area contributed by atoms with Crippen LogP contribution in [0.4, 0.5) is 17.5 Å². The molecule has 1 aromatic carbocycles. The zero-order chi connectivity index (χ0) is 15.2. The van der Waals surface area contributed by atoms with E-state index < -0.39 is 0 Å². The summed E-state index contributed by atoms with van der Waals surface area (Å²) in [5.74, 6) is 1.47. The minimum Gasteiger partial charge on any atom is -0.369 e. The van der Waals surface area contributed by atoms with Gasteiger partial charge >= 0.3 is 0 Å². The molecular weight excluding hydrogens is 262 g/mol. The van der Waals surface area contributed by atoms with Crippen molar-refractivity contribution in [3.05, 3.63) is 41.6 Å². The van der Waals surface area contributed by atoms with Gasteiger partial charge in [0.2, 0.25) is 5.95 Å². The Morgan fingerprint density at radius 3 is 2.57 bits per heavy atom. The average Bonchev–Trinajstić information content (AvgIpc) is 2.40. The van der Waals surface area contributed by atoms with Crippen molar-refractivity contribution in [3.63, 3.8) is 0 Å². The Labute approximate surface area is 126 Å². The summed E-state index contributed by atoms with van der Waals surface area (Å²) in [5, 5.41) is 6.60. The van der Waals surface area contributed by atoms with Crippen molar-refractivity contribution in [1.82, 2.24) is 14.9 Å². The normalized spacial score (nSPS) is 10.7. The van der Waals surface area contributed by atoms with Crippen LogP contribution >= 0.6 is 0 Å². The first kappa shape index (κ1) is 15.3. The van der Waals surface area contributed by atoms with E-state index in [4.69, 9.17) is 0 Å². The standard InChI is InChI=1S/C16H23N5/c1-12-7-5-6-8-14(12)19-16-18-13(2)11-15(20-16)17-9-10-21(3)4/h5-8,11H,9-10H2,1-4H3,(H2,17,18,19,20). The van der Waals surface area contributed by atoms with Crippen molar-refractivity contribution < 1.29 is 0 Å². The molecule has 0 aliphatic rings. The highest BCUT2D eigenvalue weighted by Crippen LogP contribution is 2.18. The van der Waals surface area contributed by atoms with Crippen molar-refractivity contribution in [2.24, 2.45) is 0 Å². The summed E-state index contributed by atoms with van der Waals surface area (Å²) in [6.45, 7) is 5.85. The van der Waals surface area contributed by atoms with Crippen LogP contribution in [0.5, 0.6) is 0 Å². The summed E-state index contributed by atoms with van der Waals surface area (Å²) in [4.78, 5) is 11.1. The molecule has 1 heterocycles. The molecule has 0 fully saturated rings. The van der Waals surface area contributed by atoms with Crippen LogP contribution in [0.15, 0.2) is 30.3 Å². The number of nitrogens with zero attached hydrogens (tertiary/aromatic N) is 3. The molecule has 0 unspecified atom stereocenters. The van der Waals surface area contributed by atoms with Gasteiger partial charge in [-0.05, 0) is 39.6 Å². The van der Waals surface area contributed by atoms with Gasteiger partial charge < -0.3 is 15.5 Å². The molecule has 0 aliphatic carbocycles. The van der Waals surface area contributed by atoms with E-state index in [1.807, 2.05) is 31.2 Å². The molecule has 2 N–H and O–H groups in total. The number of hydrogen-bond acceptors (Lipinski definition) is 5. The number of rotatable bonds is 6. The van der Waals surface area contributed by atoms with Crippen LogP contribution in [0.3, 0.4) is 0 Å². The molecule has 0 saturated heterocycles. The van der Waals surface area contributed by atoms with Gasteiger partial charge in [-0.1, -0.05) is 18.2 Å². The van der Waals surface area contributed by atoms with Gasteiger partial charge in [-0.2, -0.15) is 4.98 Å². The van der Waals surface area contributed by atoms with Crippen LogP contribution in [-0.4, -0.2) is 42.1 Å². The Bertz CT molecular complexity index is 595. The van der Waals surface area contributed by atoms with Gasteiger partial charge in [0.1, 0.15) is 5.82 Å². The van der Waals surface area contributed by atoms with Gasteiger partial charge in [0.25, 0.3) is 0 Å². The zero-order valence-corrected chi connectivity index (χ0v) is 13.1. The summed E-state index contributed by atoms with van der Waals surface area (Å²) >= 11 is 0. The first-order valence-corrected chi connectivity index (χ1v) is 7.11. The van der Waals surface area contributed by atoms with E-state index in [2.05, 4.69) is 52.6 Å². The summed E-state index contributed by atoms with van der Waals surface area (Å²) < 4.78 is 0. The largest absolute Gasteiger partial charge is 0.369 e. The molecule has 0 radical (unpaired) electrons. The molecule has 0 atom stereocenters. The maximum atomic E-state index is 4.51. The van der Waals surface area contributed by atoms with Crippen molar-refractivity contribution in [2.75, 3.05) is 37.8 Å². The number of aromatic nitrogens is 2. The fourth-order valence-electron chi connectivity index (χ4n) is 1.96. The number of nitrogens with one attached hydrogen (secondary N) is 2. The van der Waals surface area contributed by atoms with Crippen LogP contribution in [0.2, 0.25) is 0 Å². The third kappa shape index (κ3) is 4.72. The third-order valence-corrected chi connectivity index (χ3v) is 3.11. The second-order valence-electron chi connectivity index (χ2n) is 5.39. The Kier molecular flexibility index (Phi) is 5.11. The first-order chi connectivity index (χ1) is 10.0. The maximum absolute atomic E-state index is 4.51. The van der Waals surface area contributed by atoms with E-state index in [-0.39, 0.29) is 0 Å². The number of anilines is 3. The summed E-state index contributed by atoms with van der Waals surface area (Å²) in [7, 11) is 4.11. The molecule has 2 aromatic rings. The number of para-hydroxylation sites is 1. The Morgan fingerprint density at radius 1 is 1.10 bits per heavy atom. The lowest BCUT2D eigenvalue weighted by molar-refractivity contribution is 0.425. The number of aryl methyl sites for hydroxylation is 2. The summed E-state index contributed by atoms with van der Waals surface area (Å²) in [6.07, 6.45) is 0. The molecule has 0 amide bonds. The minimum absolute atomic E-state index is 0.622. The van der Waals surface area contributed by atoms with Gasteiger partial charge in [-0.3, -0.25) is 0 Å². The summed E-state index contributed by atoms with van der Waals surface area (Å²) in [6, 6.07) is 10.1. The molecule has 5 heteroatoms. The monoisotopic (exact) mass is 285 g/mol. The van der Waals surface area contributed by atoms with Crippen LogP contribution < -0.4 is 10.6 Å². The molecule has 21 heavy (non-hydrogen) atoms. The molecule has 0 aliphatic heterocycles. The topological polar surface area (TPSA) is 53.1 Å². The van der Waals surface area contributed by atoms with Gasteiger partial charge in [-0.25, -0.2) is 4.98 Å². The number of benzene rings is 1. The Hall–Kier alpha value is -2.14.